The third kappa shape index (κ3) is 3.02. The third-order valence-corrected chi connectivity index (χ3v) is 4.00. The zero-order valence-electron chi connectivity index (χ0n) is 10.7. The van der Waals surface area contributed by atoms with Gasteiger partial charge >= 0.3 is 0 Å². The second-order valence-corrected chi connectivity index (χ2v) is 5.57. The lowest BCUT2D eigenvalue weighted by atomic mass is 9.96. The van der Waals surface area contributed by atoms with E-state index in [0.717, 1.165) is 18.7 Å². The quantitative estimate of drug-likeness (QED) is 0.914. The maximum absolute atomic E-state index is 13.1. The van der Waals surface area contributed by atoms with Crippen molar-refractivity contribution in [3.63, 3.8) is 0 Å². The minimum absolute atomic E-state index is 0.0980. The highest BCUT2D eigenvalue weighted by molar-refractivity contribution is 6.31. The Labute approximate surface area is 113 Å². The molecule has 2 unspecified atom stereocenters. The summed E-state index contributed by atoms with van der Waals surface area (Å²) in [6.45, 7) is 4.85. The molecule has 0 aliphatic carbocycles. The molecule has 0 spiro atoms. The van der Waals surface area contributed by atoms with Gasteiger partial charge in [-0.1, -0.05) is 24.6 Å². The molecule has 1 aromatic carbocycles. The Bertz CT molecular complexity index is 411. The highest BCUT2D eigenvalue weighted by Gasteiger charge is 2.25. The summed E-state index contributed by atoms with van der Waals surface area (Å²) < 4.78 is 13.1. The molecule has 18 heavy (non-hydrogen) atoms. The Morgan fingerprint density at radius 1 is 1.56 bits per heavy atom. The van der Waals surface area contributed by atoms with Crippen molar-refractivity contribution in [3.8, 4) is 0 Å². The van der Waals surface area contributed by atoms with Gasteiger partial charge in [-0.05, 0) is 43.0 Å². The number of nitrogens with two attached hydrogens (primary N) is 1. The molecule has 0 amide bonds. The average Bonchev–Trinajstić information content (AvgIpc) is 2.33. The van der Waals surface area contributed by atoms with Gasteiger partial charge < -0.3 is 5.73 Å². The van der Waals surface area contributed by atoms with Gasteiger partial charge in [-0.3, -0.25) is 4.90 Å². The van der Waals surface area contributed by atoms with Crippen LogP contribution in [0.3, 0.4) is 0 Å². The van der Waals surface area contributed by atoms with Crippen LogP contribution in [0.1, 0.15) is 31.4 Å². The molecular weight excluding hydrogens is 251 g/mol. The van der Waals surface area contributed by atoms with Crippen LogP contribution in [0.15, 0.2) is 18.2 Å². The standard InChI is InChI=1S/C14H20ClFN2/c1-10-3-2-6-18(9-10)14(8-17)12-5-4-11(16)7-13(12)15/h4-5,7,10,14H,2-3,6,8-9,17H2,1H3. The first-order valence-electron chi connectivity index (χ1n) is 6.51. The molecular formula is C14H20ClFN2. The van der Waals surface area contributed by atoms with Crippen LogP contribution in [-0.4, -0.2) is 24.5 Å². The minimum Gasteiger partial charge on any atom is -0.329 e. The van der Waals surface area contributed by atoms with Gasteiger partial charge in [-0.25, -0.2) is 4.39 Å². The van der Waals surface area contributed by atoms with E-state index in [0.29, 0.717) is 17.5 Å². The molecule has 1 aliphatic rings. The van der Waals surface area contributed by atoms with E-state index in [9.17, 15) is 4.39 Å². The number of halogens is 2. The van der Waals surface area contributed by atoms with Gasteiger partial charge in [0.05, 0.1) is 0 Å². The van der Waals surface area contributed by atoms with Gasteiger partial charge in [0, 0.05) is 24.2 Å². The van der Waals surface area contributed by atoms with Crippen molar-refractivity contribution in [3.05, 3.63) is 34.6 Å². The lowest BCUT2D eigenvalue weighted by Gasteiger charge is -2.37. The molecule has 2 N–H and O–H groups in total. The van der Waals surface area contributed by atoms with Crippen LogP contribution < -0.4 is 5.73 Å². The van der Waals surface area contributed by atoms with Gasteiger partial charge in [0.25, 0.3) is 0 Å². The summed E-state index contributed by atoms with van der Waals surface area (Å²) in [5.74, 6) is 0.388. The van der Waals surface area contributed by atoms with Gasteiger partial charge in [0.15, 0.2) is 0 Å². The molecule has 1 fully saturated rings. The average molecular weight is 271 g/mol. The summed E-state index contributed by atoms with van der Waals surface area (Å²) >= 11 is 6.14. The first kappa shape index (κ1) is 13.8. The third-order valence-electron chi connectivity index (χ3n) is 3.67. The van der Waals surface area contributed by atoms with Crippen molar-refractivity contribution in [2.75, 3.05) is 19.6 Å². The van der Waals surface area contributed by atoms with Crippen molar-refractivity contribution < 1.29 is 4.39 Å². The second-order valence-electron chi connectivity index (χ2n) is 5.16. The highest BCUT2D eigenvalue weighted by Crippen LogP contribution is 2.30. The van der Waals surface area contributed by atoms with E-state index in [-0.39, 0.29) is 11.9 Å². The Balaban J connectivity index is 2.21. The predicted octanol–water partition coefficient (Wildman–Crippen LogP) is 3.21. The van der Waals surface area contributed by atoms with Crippen molar-refractivity contribution in [1.82, 2.24) is 4.90 Å². The topological polar surface area (TPSA) is 29.3 Å². The smallest absolute Gasteiger partial charge is 0.124 e. The maximum atomic E-state index is 13.1. The van der Waals surface area contributed by atoms with E-state index in [2.05, 4.69) is 11.8 Å². The number of hydrogen-bond acceptors (Lipinski definition) is 2. The van der Waals surface area contributed by atoms with E-state index in [4.69, 9.17) is 17.3 Å². The SMILES string of the molecule is CC1CCCN(C(CN)c2ccc(F)cc2Cl)C1. The van der Waals surface area contributed by atoms with Gasteiger partial charge in [-0.15, -0.1) is 0 Å². The zero-order valence-corrected chi connectivity index (χ0v) is 11.5. The van der Waals surface area contributed by atoms with Crippen LogP contribution in [0.5, 0.6) is 0 Å². The van der Waals surface area contributed by atoms with E-state index in [1.54, 1.807) is 6.07 Å². The molecule has 0 saturated carbocycles. The Hall–Kier alpha value is -0.640. The van der Waals surface area contributed by atoms with Gasteiger partial charge in [0.2, 0.25) is 0 Å². The monoisotopic (exact) mass is 270 g/mol. The summed E-state index contributed by atoms with van der Waals surface area (Å²) in [5.41, 5.74) is 6.83. The molecule has 0 aromatic heterocycles. The number of benzene rings is 1. The summed E-state index contributed by atoms with van der Waals surface area (Å²) in [6, 6.07) is 4.68. The Kier molecular flexibility index (Phi) is 4.60. The number of nitrogens with zero attached hydrogens (tertiary/aromatic N) is 1. The van der Waals surface area contributed by atoms with E-state index in [1.165, 1.54) is 25.0 Å². The first-order valence-corrected chi connectivity index (χ1v) is 6.88. The van der Waals surface area contributed by atoms with Crippen LogP contribution in [0.2, 0.25) is 5.02 Å². The summed E-state index contributed by atoms with van der Waals surface area (Å²) in [4.78, 5) is 2.37. The van der Waals surface area contributed by atoms with Gasteiger partial charge in [0.1, 0.15) is 5.82 Å². The Morgan fingerprint density at radius 2 is 2.33 bits per heavy atom. The molecule has 4 heteroatoms. The fraction of sp³-hybridized carbons (Fsp3) is 0.571. The Morgan fingerprint density at radius 3 is 2.94 bits per heavy atom. The predicted molar refractivity (Wildman–Crippen MR) is 73.2 cm³/mol. The molecule has 0 radical (unpaired) electrons. The lowest BCUT2D eigenvalue weighted by Crippen LogP contribution is -2.40. The minimum atomic E-state index is -0.300. The lowest BCUT2D eigenvalue weighted by molar-refractivity contribution is 0.133. The van der Waals surface area contributed by atoms with Crippen molar-refractivity contribution >= 4 is 11.6 Å². The molecule has 2 rings (SSSR count). The molecule has 0 bridgehead atoms. The van der Waals surface area contributed by atoms with Crippen LogP contribution in [0.4, 0.5) is 4.39 Å². The molecule has 2 atom stereocenters. The number of likely N-dealkylation sites (tertiary alicyclic amines) is 1. The summed E-state index contributed by atoms with van der Waals surface area (Å²) in [7, 11) is 0. The number of rotatable bonds is 3. The van der Waals surface area contributed by atoms with E-state index in [1.807, 2.05) is 0 Å². The molecule has 1 aliphatic heterocycles. The molecule has 1 saturated heterocycles. The summed E-state index contributed by atoms with van der Waals surface area (Å²) in [6.07, 6.45) is 2.46. The maximum Gasteiger partial charge on any atom is 0.124 e. The number of piperidine rings is 1. The largest absolute Gasteiger partial charge is 0.329 e. The molecule has 1 heterocycles. The fourth-order valence-corrected chi connectivity index (χ4v) is 3.05. The number of hydrogen-bond donors (Lipinski definition) is 1. The molecule has 1 aromatic rings. The molecule has 100 valence electrons. The van der Waals surface area contributed by atoms with Crippen LogP contribution in [-0.2, 0) is 0 Å². The van der Waals surface area contributed by atoms with Crippen molar-refractivity contribution in [2.45, 2.75) is 25.8 Å². The molecule has 2 nitrogen and oxygen atoms in total. The highest BCUT2D eigenvalue weighted by atomic mass is 35.5. The zero-order chi connectivity index (χ0) is 13.1. The van der Waals surface area contributed by atoms with Crippen LogP contribution in [0, 0.1) is 11.7 Å². The van der Waals surface area contributed by atoms with E-state index < -0.39 is 0 Å². The van der Waals surface area contributed by atoms with Gasteiger partial charge in [-0.2, -0.15) is 0 Å². The van der Waals surface area contributed by atoms with E-state index >= 15 is 0 Å². The summed E-state index contributed by atoms with van der Waals surface area (Å²) in [5, 5.41) is 0.476. The van der Waals surface area contributed by atoms with Crippen LogP contribution in [0.25, 0.3) is 0 Å². The van der Waals surface area contributed by atoms with Crippen LogP contribution >= 0.6 is 11.6 Å². The normalized spacial score (nSPS) is 23.0. The first-order chi connectivity index (χ1) is 8.61. The van der Waals surface area contributed by atoms with Crippen molar-refractivity contribution in [1.29, 1.82) is 0 Å². The fourth-order valence-electron chi connectivity index (χ4n) is 2.75. The second kappa shape index (κ2) is 6.00. The van der Waals surface area contributed by atoms with Crippen molar-refractivity contribution in [2.24, 2.45) is 11.7 Å².